The summed E-state index contributed by atoms with van der Waals surface area (Å²) in [7, 11) is 0. The van der Waals surface area contributed by atoms with Crippen LogP contribution in [0.15, 0.2) is 167 Å². The van der Waals surface area contributed by atoms with Gasteiger partial charge in [0.2, 0.25) is 0 Å². The highest BCUT2D eigenvalue weighted by Gasteiger charge is 2.24. The quantitative estimate of drug-likeness (QED) is 0.179. The predicted octanol–water partition coefficient (Wildman–Crippen LogP) is 14.0. The van der Waals surface area contributed by atoms with E-state index in [1.165, 1.54) is 58.4 Å². The van der Waals surface area contributed by atoms with Crippen molar-refractivity contribution in [2.45, 2.75) is 0 Å². The molecule has 0 saturated carbocycles. The Morgan fingerprint density at radius 3 is 1.71 bits per heavy atom. The maximum Gasteiger partial charge on any atom is 0.146 e. The van der Waals surface area contributed by atoms with Gasteiger partial charge < -0.3 is 8.83 Å². The summed E-state index contributed by atoms with van der Waals surface area (Å²) < 4.78 is 16.1. The molecule has 8 aromatic carbocycles. The maximum absolute atomic E-state index is 6.88. The molecule has 0 amide bonds. The Labute approximate surface area is 285 Å². The average molecular weight is 643 g/mol. The van der Waals surface area contributed by atoms with Crippen LogP contribution < -0.4 is 0 Å². The Hall–Kier alpha value is -6.16. The van der Waals surface area contributed by atoms with Crippen LogP contribution in [-0.4, -0.2) is 0 Å². The van der Waals surface area contributed by atoms with Crippen molar-refractivity contribution in [2.24, 2.45) is 0 Å². The van der Waals surface area contributed by atoms with Crippen molar-refractivity contribution in [1.29, 1.82) is 0 Å². The molecule has 228 valence electrons. The van der Waals surface area contributed by atoms with Gasteiger partial charge in [0.25, 0.3) is 0 Å². The van der Waals surface area contributed by atoms with Gasteiger partial charge >= 0.3 is 0 Å². The number of furan rings is 2. The van der Waals surface area contributed by atoms with E-state index in [0.29, 0.717) is 0 Å². The first-order valence-corrected chi connectivity index (χ1v) is 17.4. The van der Waals surface area contributed by atoms with E-state index in [4.69, 9.17) is 8.83 Å². The second-order valence-corrected chi connectivity index (χ2v) is 13.9. The minimum absolute atomic E-state index is 0.825. The highest BCUT2D eigenvalue weighted by Crippen LogP contribution is 2.49. The summed E-state index contributed by atoms with van der Waals surface area (Å²) in [4.78, 5) is 0. The van der Waals surface area contributed by atoms with E-state index in [2.05, 4.69) is 140 Å². The molecule has 0 aliphatic rings. The fourth-order valence-corrected chi connectivity index (χ4v) is 9.01. The lowest BCUT2D eigenvalue weighted by Gasteiger charge is -2.18. The van der Waals surface area contributed by atoms with Crippen LogP contribution in [-0.2, 0) is 0 Å². The van der Waals surface area contributed by atoms with Gasteiger partial charge in [0, 0.05) is 47.6 Å². The molecule has 0 aliphatic carbocycles. The van der Waals surface area contributed by atoms with Crippen LogP contribution in [0.5, 0.6) is 0 Å². The molecule has 49 heavy (non-hydrogen) atoms. The molecule has 3 heterocycles. The maximum atomic E-state index is 6.88. The van der Waals surface area contributed by atoms with Gasteiger partial charge in [0.15, 0.2) is 0 Å². The summed E-state index contributed by atoms with van der Waals surface area (Å²) in [6, 6.07) is 56.5. The van der Waals surface area contributed by atoms with Crippen LogP contribution >= 0.6 is 11.3 Å². The number of thiophene rings is 1. The number of benzene rings is 8. The minimum Gasteiger partial charge on any atom is -0.455 e. The van der Waals surface area contributed by atoms with Crippen LogP contribution in [0.4, 0.5) is 0 Å². The molecule has 3 aromatic heterocycles. The van der Waals surface area contributed by atoms with Gasteiger partial charge in [-0.15, -0.1) is 11.3 Å². The first kappa shape index (κ1) is 26.9. The summed E-state index contributed by atoms with van der Waals surface area (Å²) in [5.41, 5.74) is 8.31. The van der Waals surface area contributed by atoms with Gasteiger partial charge in [0.1, 0.15) is 22.5 Å². The summed E-state index contributed by atoms with van der Waals surface area (Å²) in [5, 5.41) is 10.6. The van der Waals surface area contributed by atoms with E-state index >= 15 is 0 Å². The molecule has 0 fully saturated rings. The number of hydrogen-bond acceptors (Lipinski definition) is 3. The lowest BCUT2D eigenvalue weighted by Crippen LogP contribution is -1.91. The van der Waals surface area contributed by atoms with Gasteiger partial charge in [-0.3, -0.25) is 0 Å². The molecule has 11 rings (SSSR count). The zero-order valence-corrected chi connectivity index (χ0v) is 27.1. The highest BCUT2D eigenvalue weighted by molar-refractivity contribution is 7.25. The summed E-state index contributed by atoms with van der Waals surface area (Å²) in [5.74, 6) is 0.825. The Morgan fingerprint density at radius 2 is 0.959 bits per heavy atom. The molecule has 2 nitrogen and oxygen atoms in total. The standard InChI is InChI=1S/C46H26O2S/c1-2-12-27(13-3-1)40-26-38-45-36(29-14-8-10-20-39(29)47-45)25-37(46(38)48-40)44-33-18-6-4-16-31(33)43(32-17-5-7-19-34(32)44)28-22-23-42-35(24-28)30-15-9-11-21-41(30)49-42/h1-26H. The van der Waals surface area contributed by atoms with Crippen LogP contribution in [0.2, 0.25) is 0 Å². The summed E-state index contributed by atoms with van der Waals surface area (Å²) >= 11 is 1.86. The SMILES string of the molecule is c1ccc(-c2cc3c(o2)c(-c2c4ccccc4c(-c4ccc5sc6ccccc6c5c4)c4ccccc24)cc2c4ccccc4oc32)cc1. The fourth-order valence-electron chi connectivity index (χ4n) is 7.92. The van der Waals surface area contributed by atoms with Crippen molar-refractivity contribution >= 4 is 86.0 Å². The molecular weight excluding hydrogens is 617 g/mol. The molecule has 0 unspecified atom stereocenters. The first-order valence-electron chi connectivity index (χ1n) is 16.6. The molecule has 0 atom stereocenters. The Bertz CT molecular complexity index is 3050. The minimum atomic E-state index is 0.825. The Kier molecular flexibility index (Phi) is 5.57. The zero-order chi connectivity index (χ0) is 32.1. The molecular formula is C46H26O2S. The van der Waals surface area contributed by atoms with Gasteiger partial charge in [0.05, 0.1) is 5.39 Å². The number of hydrogen-bond donors (Lipinski definition) is 0. The zero-order valence-electron chi connectivity index (χ0n) is 26.2. The largest absolute Gasteiger partial charge is 0.455 e. The smallest absolute Gasteiger partial charge is 0.146 e. The predicted molar refractivity (Wildman–Crippen MR) is 208 cm³/mol. The monoisotopic (exact) mass is 642 g/mol. The third-order valence-corrected chi connectivity index (χ3v) is 11.2. The topological polar surface area (TPSA) is 26.3 Å². The first-order chi connectivity index (χ1) is 24.3. The van der Waals surface area contributed by atoms with E-state index in [-0.39, 0.29) is 0 Å². The van der Waals surface area contributed by atoms with E-state index in [0.717, 1.165) is 49.8 Å². The normalized spacial score (nSPS) is 12.1. The van der Waals surface area contributed by atoms with E-state index in [1.807, 2.05) is 29.5 Å². The van der Waals surface area contributed by atoms with Crippen molar-refractivity contribution in [3.05, 3.63) is 158 Å². The molecule has 11 aromatic rings. The lowest BCUT2D eigenvalue weighted by molar-refractivity contribution is 0.632. The second-order valence-electron chi connectivity index (χ2n) is 12.8. The Morgan fingerprint density at radius 1 is 0.347 bits per heavy atom. The number of rotatable bonds is 3. The lowest BCUT2D eigenvalue weighted by atomic mass is 9.85. The number of fused-ring (bicyclic) bond motifs is 10. The van der Waals surface area contributed by atoms with Crippen LogP contribution in [0.3, 0.4) is 0 Å². The van der Waals surface area contributed by atoms with E-state index in [9.17, 15) is 0 Å². The third kappa shape index (κ3) is 3.88. The van der Waals surface area contributed by atoms with Crippen molar-refractivity contribution < 1.29 is 8.83 Å². The van der Waals surface area contributed by atoms with Crippen LogP contribution in [0.25, 0.3) is 108 Å². The van der Waals surface area contributed by atoms with E-state index in [1.54, 1.807) is 0 Å². The molecule has 0 aliphatic heterocycles. The molecule has 0 spiro atoms. The van der Waals surface area contributed by atoms with Gasteiger partial charge in [-0.2, -0.15) is 0 Å². The van der Waals surface area contributed by atoms with Crippen LogP contribution in [0, 0.1) is 0 Å². The van der Waals surface area contributed by atoms with Gasteiger partial charge in [-0.25, -0.2) is 0 Å². The van der Waals surface area contributed by atoms with E-state index < -0.39 is 0 Å². The highest BCUT2D eigenvalue weighted by atomic mass is 32.1. The molecule has 0 N–H and O–H groups in total. The molecule has 0 bridgehead atoms. The fraction of sp³-hybridized carbons (Fsp3) is 0. The van der Waals surface area contributed by atoms with Crippen molar-refractivity contribution in [3.8, 4) is 33.6 Å². The van der Waals surface area contributed by atoms with Crippen LogP contribution in [0.1, 0.15) is 0 Å². The summed E-state index contributed by atoms with van der Waals surface area (Å²) in [6.07, 6.45) is 0. The molecule has 0 saturated heterocycles. The second kappa shape index (κ2) is 10.2. The summed E-state index contributed by atoms with van der Waals surface area (Å²) in [6.45, 7) is 0. The van der Waals surface area contributed by atoms with Crippen molar-refractivity contribution in [2.75, 3.05) is 0 Å². The molecule has 3 heteroatoms. The van der Waals surface area contributed by atoms with Crippen molar-refractivity contribution in [1.82, 2.24) is 0 Å². The van der Waals surface area contributed by atoms with Gasteiger partial charge in [-0.1, -0.05) is 121 Å². The average Bonchev–Trinajstić information content (AvgIpc) is 3.87. The van der Waals surface area contributed by atoms with Gasteiger partial charge in [-0.05, 0) is 69.1 Å². The Balaban J connectivity index is 1.28. The molecule has 0 radical (unpaired) electrons. The van der Waals surface area contributed by atoms with Crippen molar-refractivity contribution in [3.63, 3.8) is 0 Å². The number of para-hydroxylation sites is 1. The third-order valence-electron chi connectivity index (χ3n) is 10.1.